The zero-order valence-corrected chi connectivity index (χ0v) is 13.1. The summed E-state index contributed by atoms with van der Waals surface area (Å²) in [5.41, 5.74) is 8.56. The Morgan fingerprint density at radius 3 is 2.81 bits per heavy atom. The predicted molar refractivity (Wildman–Crippen MR) is 86.6 cm³/mol. The van der Waals surface area contributed by atoms with E-state index < -0.39 is 0 Å². The molecule has 0 spiro atoms. The number of thiophene rings is 1. The van der Waals surface area contributed by atoms with E-state index in [-0.39, 0.29) is 5.91 Å². The van der Waals surface area contributed by atoms with Gasteiger partial charge in [-0.15, -0.1) is 11.3 Å². The van der Waals surface area contributed by atoms with E-state index in [0.29, 0.717) is 5.57 Å². The normalized spacial score (nSPS) is 16.4. The molecule has 3 heterocycles. The molecule has 0 saturated heterocycles. The topological polar surface area (TPSA) is 57.2 Å². The molecule has 1 amide bonds. The lowest BCUT2D eigenvalue weighted by Crippen LogP contribution is -2.13. The lowest BCUT2D eigenvalue weighted by molar-refractivity contribution is -0.116. The third-order valence-electron chi connectivity index (χ3n) is 3.80. The van der Waals surface area contributed by atoms with Crippen molar-refractivity contribution < 1.29 is 4.79 Å². The number of carbonyl (C=O) groups is 1. The first-order valence-corrected chi connectivity index (χ1v) is 7.81. The molecule has 3 rings (SSSR count). The second kappa shape index (κ2) is 5.33. The molecule has 2 aromatic rings. The van der Waals surface area contributed by atoms with E-state index in [2.05, 4.69) is 36.3 Å². The maximum absolute atomic E-state index is 12.1. The van der Waals surface area contributed by atoms with Crippen LogP contribution in [0.4, 0.5) is 0 Å². The van der Waals surface area contributed by atoms with Crippen molar-refractivity contribution >= 4 is 29.0 Å². The number of aryl methyl sites for hydroxylation is 1. The highest BCUT2D eigenvalue weighted by atomic mass is 32.1. The number of hydrazone groups is 1. The molecule has 1 aliphatic heterocycles. The minimum Gasteiger partial charge on any atom is -0.359 e. The molecule has 5 heteroatoms. The SMILES string of the molecule is CCc1c(C)[nH]c(C=C2C(=O)NN=C2c2cccs2)c1C. The standard InChI is InChI=1S/C16H17N3OS/c1-4-11-9(2)13(17-10(11)3)8-12-15(18-19-16(12)20)14-6-5-7-21-14/h5-8,17H,4H2,1-3H3,(H,19,20). The molecular weight excluding hydrogens is 282 g/mol. The van der Waals surface area contributed by atoms with Crippen LogP contribution in [0.5, 0.6) is 0 Å². The van der Waals surface area contributed by atoms with Crippen LogP contribution in [0.15, 0.2) is 28.2 Å². The second-order valence-electron chi connectivity index (χ2n) is 5.06. The molecule has 0 bridgehead atoms. The molecule has 0 aromatic carbocycles. The lowest BCUT2D eigenvalue weighted by Gasteiger charge is -1.99. The van der Waals surface area contributed by atoms with Crippen LogP contribution in [0, 0.1) is 13.8 Å². The third-order valence-corrected chi connectivity index (χ3v) is 4.67. The fourth-order valence-electron chi connectivity index (χ4n) is 2.70. The van der Waals surface area contributed by atoms with Crippen LogP contribution in [0.1, 0.15) is 34.3 Å². The number of hydrogen-bond donors (Lipinski definition) is 2. The van der Waals surface area contributed by atoms with Gasteiger partial charge in [-0.05, 0) is 48.9 Å². The summed E-state index contributed by atoms with van der Waals surface area (Å²) in [6.07, 6.45) is 2.89. The number of rotatable bonds is 3. The van der Waals surface area contributed by atoms with Gasteiger partial charge >= 0.3 is 0 Å². The second-order valence-corrected chi connectivity index (χ2v) is 6.01. The minimum absolute atomic E-state index is 0.150. The number of hydrogen-bond acceptors (Lipinski definition) is 3. The summed E-state index contributed by atoms with van der Waals surface area (Å²) in [5.74, 6) is -0.150. The number of carbonyl (C=O) groups excluding carboxylic acids is 1. The smallest absolute Gasteiger partial charge is 0.273 e. The Labute approximate surface area is 127 Å². The molecule has 108 valence electrons. The summed E-state index contributed by atoms with van der Waals surface area (Å²) in [5, 5.41) is 6.14. The summed E-state index contributed by atoms with van der Waals surface area (Å²) in [4.78, 5) is 16.4. The molecule has 0 atom stereocenters. The van der Waals surface area contributed by atoms with Gasteiger partial charge in [0.1, 0.15) is 5.71 Å². The first-order valence-electron chi connectivity index (χ1n) is 6.93. The van der Waals surface area contributed by atoms with E-state index >= 15 is 0 Å². The van der Waals surface area contributed by atoms with Gasteiger partial charge in [-0.25, -0.2) is 5.43 Å². The van der Waals surface area contributed by atoms with Crippen LogP contribution < -0.4 is 5.43 Å². The number of aromatic amines is 1. The van der Waals surface area contributed by atoms with E-state index in [9.17, 15) is 4.79 Å². The van der Waals surface area contributed by atoms with Gasteiger partial charge in [0.05, 0.1) is 10.5 Å². The van der Waals surface area contributed by atoms with Gasteiger partial charge in [-0.2, -0.15) is 5.10 Å². The van der Waals surface area contributed by atoms with Crippen LogP contribution in [-0.2, 0) is 11.2 Å². The van der Waals surface area contributed by atoms with Crippen LogP contribution in [0.25, 0.3) is 6.08 Å². The van der Waals surface area contributed by atoms with Crippen LogP contribution in [0.3, 0.4) is 0 Å². The van der Waals surface area contributed by atoms with Crippen molar-refractivity contribution in [1.82, 2.24) is 10.4 Å². The van der Waals surface area contributed by atoms with E-state index in [1.165, 1.54) is 11.1 Å². The van der Waals surface area contributed by atoms with Gasteiger partial charge in [0.2, 0.25) is 0 Å². The van der Waals surface area contributed by atoms with Crippen molar-refractivity contribution in [2.75, 3.05) is 0 Å². The summed E-state index contributed by atoms with van der Waals surface area (Å²) in [6, 6.07) is 3.93. The maximum Gasteiger partial charge on any atom is 0.273 e. The zero-order valence-electron chi connectivity index (χ0n) is 12.3. The molecule has 21 heavy (non-hydrogen) atoms. The minimum atomic E-state index is -0.150. The third kappa shape index (κ3) is 2.34. The quantitative estimate of drug-likeness (QED) is 0.840. The first kappa shape index (κ1) is 13.8. The number of H-pyrrole nitrogens is 1. The summed E-state index contributed by atoms with van der Waals surface area (Å²) >= 11 is 1.58. The van der Waals surface area contributed by atoms with Crippen molar-refractivity contribution in [2.24, 2.45) is 5.10 Å². The molecule has 1 aliphatic rings. The molecule has 0 saturated carbocycles. The number of amides is 1. The molecule has 0 radical (unpaired) electrons. The van der Waals surface area contributed by atoms with Gasteiger partial charge in [0, 0.05) is 11.4 Å². The Kier molecular flexibility index (Phi) is 3.51. The maximum atomic E-state index is 12.1. The lowest BCUT2D eigenvalue weighted by atomic mass is 10.0. The van der Waals surface area contributed by atoms with Crippen LogP contribution >= 0.6 is 11.3 Å². The van der Waals surface area contributed by atoms with Gasteiger partial charge in [0.25, 0.3) is 5.91 Å². The van der Waals surface area contributed by atoms with E-state index in [0.717, 1.165) is 28.4 Å². The van der Waals surface area contributed by atoms with E-state index in [1.54, 1.807) is 11.3 Å². The highest BCUT2D eigenvalue weighted by Crippen LogP contribution is 2.24. The van der Waals surface area contributed by atoms with Crippen molar-refractivity contribution in [3.63, 3.8) is 0 Å². The molecule has 0 unspecified atom stereocenters. The highest BCUT2D eigenvalue weighted by molar-refractivity contribution is 7.12. The average molecular weight is 299 g/mol. The predicted octanol–water partition coefficient (Wildman–Crippen LogP) is 3.17. The van der Waals surface area contributed by atoms with Crippen molar-refractivity contribution in [2.45, 2.75) is 27.2 Å². The Morgan fingerprint density at radius 2 is 2.19 bits per heavy atom. The molecule has 2 N–H and O–H groups in total. The Morgan fingerprint density at radius 1 is 1.38 bits per heavy atom. The first-order chi connectivity index (χ1) is 10.1. The monoisotopic (exact) mass is 299 g/mol. The Bertz CT molecular complexity index is 751. The summed E-state index contributed by atoms with van der Waals surface area (Å²) in [7, 11) is 0. The zero-order chi connectivity index (χ0) is 15.0. The van der Waals surface area contributed by atoms with Crippen molar-refractivity contribution in [3.05, 3.63) is 50.5 Å². The van der Waals surface area contributed by atoms with Gasteiger partial charge in [0.15, 0.2) is 0 Å². The summed E-state index contributed by atoms with van der Waals surface area (Å²) < 4.78 is 0. The van der Waals surface area contributed by atoms with Crippen LogP contribution in [-0.4, -0.2) is 16.6 Å². The van der Waals surface area contributed by atoms with E-state index in [4.69, 9.17) is 0 Å². The fourth-order valence-corrected chi connectivity index (χ4v) is 3.43. The Balaban J connectivity index is 2.06. The molecule has 4 nitrogen and oxygen atoms in total. The molecule has 0 aliphatic carbocycles. The van der Waals surface area contributed by atoms with Gasteiger partial charge in [-0.1, -0.05) is 13.0 Å². The van der Waals surface area contributed by atoms with Crippen molar-refractivity contribution in [3.8, 4) is 0 Å². The van der Waals surface area contributed by atoms with Crippen LogP contribution in [0.2, 0.25) is 0 Å². The molecule has 0 fully saturated rings. The number of aromatic nitrogens is 1. The summed E-state index contributed by atoms with van der Waals surface area (Å²) in [6.45, 7) is 6.29. The van der Waals surface area contributed by atoms with Gasteiger partial charge < -0.3 is 4.98 Å². The van der Waals surface area contributed by atoms with E-state index in [1.807, 2.05) is 23.6 Å². The Hall–Kier alpha value is -2.14. The van der Waals surface area contributed by atoms with Crippen molar-refractivity contribution in [1.29, 1.82) is 0 Å². The van der Waals surface area contributed by atoms with Gasteiger partial charge in [-0.3, -0.25) is 4.79 Å². The molecule has 2 aromatic heterocycles. The molecular formula is C16H17N3OS. The number of nitrogens with one attached hydrogen (secondary N) is 2. The average Bonchev–Trinajstić information content (AvgIpc) is 3.14. The largest absolute Gasteiger partial charge is 0.359 e. The fraction of sp³-hybridized carbons (Fsp3) is 0.250. The number of nitrogens with zero attached hydrogens (tertiary/aromatic N) is 1. The highest BCUT2D eigenvalue weighted by Gasteiger charge is 2.25.